The number of nitrogens with zero attached hydrogens (tertiary/aromatic N) is 5. The van der Waals surface area contributed by atoms with Crippen LogP contribution in [-0.4, -0.2) is 25.2 Å². The van der Waals surface area contributed by atoms with Crippen LogP contribution in [0.2, 0.25) is 0 Å². The molecule has 3 aromatic rings. The Balaban J connectivity index is 1.84. The van der Waals surface area contributed by atoms with E-state index in [1.807, 2.05) is 0 Å². The van der Waals surface area contributed by atoms with E-state index in [-0.39, 0.29) is 12.4 Å². The zero-order valence-electron chi connectivity index (χ0n) is 10.2. The Hall–Kier alpha value is -2.70. The van der Waals surface area contributed by atoms with Gasteiger partial charge >= 0.3 is 0 Å². The summed E-state index contributed by atoms with van der Waals surface area (Å²) in [6, 6.07) is 7.27. The highest BCUT2D eigenvalue weighted by molar-refractivity contribution is 5.53. The Kier molecular flexibility index (Phi) is 3.16. The number of tetrazole rings is 1. The summed E-state index contributed by atoms with van der Waals surface area (Å²) < 4.78 is 26.1. The highest BCUT2D eigenvalue weighted by Gasteiger charge is 2.07. The highest BCUT2D eigenvalue weighted by atomic mass is 19.1. The summed E-state index contributed by atoms with van der Waals surface area (Å²) in [7, 11) is 0. The van der Waals surface area contributed by atoms with Crippen molar-refractivity contribution in [2.45, 2.75) is 6.54 Å². The minimum Gasteiger partial charge on any atom is -0.261 e. The average molecular weight is 273 g/mol. The monoisotopic (exact) mass is 273 g/mol. The number of halogens is 2. The van der Waals surface area contributed by atoms with Gasteiger partial charge < -0.3 is 0 Å². The third kappa shape index (κ3) is 2.66. The van der Waals surface area contributed by atoms with E-state index in [0.717, 1.165) is 6.20 Å². The predicted molar refractivity (Wildman–Crippen MR) is 66.5 cm³/mol. The summed E-state index contributed by atoms with van der Waals surface area (Å²) in [4.78, 5) is 5.05. The Morgan fingerprint density at radius 2 is 1.95 bits per heavy atom. The van der Waals surface area contributed by atoms with Crippen LogP contribution in [0, 0.1) is 11.6 Å². The van der Waals surface area contributed by atoms with Crippen LogP contribution in [0.4, 0.5) is 8.78 Å². The van der Waals surface area contributed by atoms with E-state index in [2.05, 4.69) is 20.4 Å². The maximum Gasteiger partial charge on any atom is 0.205 e. The van der Waals surface area contributed by atoms with Crippen LogP contribution < -0.4 is 0 Å². The van der Waals surface area contributed by atoms with Gasteiger partial charge in [-0.05, 0) is 29.0 Å². The van der Waals surface area contributed by atoms with Gasteiger partial charge in [-0.2, -0.15) is 4.80 Å². The third-order valence-electron chi connectivity index (χ3n) is 2.62. The van der Waals surface area contributed by atoms with Crippen LogP contribution in [0.3, 0.4) is 0 Å². The number of aromatic nitrogens is 5. The Morgan fingerprint density at radius 3 is 2.75 bits per heavy atom. The van der Waals surface area contributed by atoms with E-state index in [0.29, 0.717) is 17.0 Å². The normalized spacial score (nSPS) is 10.7. The molecule has 1 aromatic carbocycles. The second-order valence-corrected chi connectivity index (χ2v) is 4.17. The van der Waals surface area contributed by atoms with Crippen molar-refractivity contribution in [1.82, 2.24) is 25.2 Å². The van der Waals surface area contributed by atoms with Crippen molar-refractivity contribution in [2.24, 2.45) is 0 Å². The van der Waals surface area contributed by atoms with Crippen molar-refractivity contribution >= 4 is 0 Å². The van der Waals surface area contributed by atoms with Crippen LogP contribution in [0.5, 0.6) is 0 Å². The second-order valence-electron chi connectivity index (χ2n) is 4.17. The fourth-order valence-electron chi connectivity index (χ4n) is 1.76. The smallest absolute Gasteiger partial charge is 0.205 e. The van der Waals surface area contributed by atoms with Gasteiger partial charge in [0.05, 0.1) is 12.7 Å². The van der Waals surface area contributed by atoms with Gasteiger partial charge in [-0.15, -0.1) is 10.2 Å². The topological polar surface area (TPSA) is 56.5 Å². The first-order valence-electron chi connectivity index (χ1n) is 5.84. The van der Waals surface area contributed by atoms with Crippen LogP contribution in [-0.2, 0) is 6.54 Å². The van der Waals surface area contributed by atoms with Crippen molar-refractivity contribution in [3.8, 4) is 11.4 Å². The number of benzene rings is 1. The van der Waals surface area contributed by atoms with Gasteiger partial charge in [0.25, 0.3) is 0 Å². The average Bonchev–Trinajstić information content (AvgIpc) is 2.87. The molecule has 0 saturated carbocycles. The van der Waals surface area contributed by atoms with E-state index in [1.54, 1.807) is 12.1 Å². The van der Waals surface area contributed by atoms with Crippen molar-refractivity contribution in [3.63, 3.8) is 0 Å². The van der Waals surface area contributed by atoms with E-state index < -0.39 is 5.82 Å². The number of hydrogen-bond donors (Lipinski definition) is 0. The first-order valence-corrected chi connectivity index (χ1v) is 5.84. The molecule has 0 bridgehead atoms. The quantitative estimate of drug-likeness (QED) is 0.733. The van der Waals surface area contributed by atoms with Gasteiger partial charge in [0.2, 0.25) is 5.82 Å². The lowest BCUT2D eigenvalue weighted by Gasteiger charge is -1.98. The number of rotatable bonds is 3. The first-order chi connectivity index (χ1) is 9.70. The second kappa shape index (κ2) is 5.12. The molecule has 0 aliphatic carbocycles. The first kappa shape index (κ1) is 12.3. The van der Waals surface area contributed by atoms with Crippen LogP contribution in [0.1, 0.15) is 5.56 Å². The molecule has 0 saturated heterocycles. The summed E-state index contributed by atoms with van der Waals surface area (Å²) in [5.41, 5.74) is 1.15. The van der Waals surface area contributed by atoms with Crippen LogP contribution in [0.25, 0.3) is 11.4 Å². The molecule has 0 N–H and O–H groups in total. The molecule has 3 rings (SSSR count). The summed E-state index contributed by atoms with van der Waals surface area (Å²) in [5, 5.41) is 11.8. The van der Waals surface area contributed by atoms with Crippen molar-refractivity contribution in [2.75, 3.05) is 0 Å². The summed E-state index contributed by atoms with van der Waals surface area (Å²) in [6.45, 7) is 0.243. The Labute approximate surface area is 112 Å². The molecular weight excluding hydrogens is 264 g/mol. The summed E-state index contributed by atoms with van der Waals surface area (Å²) in [5.74, 6) is -0.477. The molecule has 2 aromatic heterocycles. The maximum atomic E-state index is 13.1. The van der Waals surface area contributed by atoms with Crippen LogP contribution >= 0.6 is 0 Å². The molecule has 0 spiro atoms. The van der Waals surface area contributed by atoms with Crippen molar-refractivity contribution < 1.29 is 8.78 Å². The van der Waals surface area contributed by atoms with E-state index in [9.17, 15) is 8.78 Å². The van der Waals surface area contributed by atoms with Crippen molar-refractivity contribution in [3.05, 3.63) is 59.9 Å². The molecule has 2 heterocycles. The van der Waals surface area contributed by atoms with Gasteiger partial charge in [-0.3, -0.25) is 4.98 Å². The largest absolute Gasteiger partial charge is 0.261 e. The molecular formula is C13H9F2N5. The minimum absolute atomic E-state index is 0.243. The fraction of sp³-hybridized carbons (Fsp3) is 0.0769. The Morgan fingerprint density at radius 1 is 1.05 bits per heavy atom. The number of pyridine rings is 1. The molecule has 0 unspecified atom stereocenters. The van der Waals surface area contributed by atoms with Crippen LogP contribution in [0.15, 0.2) is 42.7 Å². The molecule has 0 atom stereocenters. The van der Waals surface area contributed by atoms with Crippen molar-refractivity contribution in [1.29, 1.82) is 0 Å². The standard InChI is InChI=1S/C13H9F2N5/c14-11-3-1-2-10(5-11)13-17-19-20(18-13)8-9-4-12(15)7-16-6-9/h1-7H,8H2. The van der Waals surface area contributed by atoms with Gasteiger partial charge in [0.15, 0.2) is 0 Å². The zero-order valence-corrected chi connectivity index (χ0v) is 10.2. The summed E-state index contributed by atoms with van der Waals surface area (Å²) in [6.07, 6.45) is 2.64. The summed E-state index contributed by atoms with van der Waals surface area (Å²) >= 11 is 0. The lowest BCUT2D eigenvalue weighted by molar-refractivity contribution is 0.564. The van der Waals surface area contributed by atoms with Gasteiger partial charge in [0.1, 0.15) is 11.6 Å². The Bertz CT molecular complexity index is 741. The maximum absolute atomic E-state index is 13.1. The fourth-order valence-corrected chi connectivity index (χ4v) is 1.76. The number of hydrogen-bond acceptors (Lipinski definition) is 4. The molecule has 20 heavy (non-hydrogen) atoms. The molecule has 5 nitrogen and oxygen atoms in total. The zero-order chi connectivity index (χ0) is 13.9. The molecule has 0 fully saturated rings. The molecule has 0 radical (unpaired) electrons. The van der Waals surface area contributed by atoms with Gasteiger partial charge in [-0.25, -0.2) is 8.78 Å². The molecule has 100 valence electrons. The lowest BCUT2D eigenvalue weighted by Crippen LogP contribution is -2.04. The molecule has 0 aliphatic rings. The highest BCUT2D eigenvalue weighted by Crippen LogP contribution is 2.14. The predicted octanol–water partition coefficient (Wildman–Crippen LogP) is 2.06. The molecule has 7 heteroatoms. The minimum atomic E-state index is -0.423. The molecule has 0 aliphatic heterocycles. The third-order valence-corrected chi connectivity index (χ3v) is 2.62. The molecule has 0 amide bonds. The lowest BCUT2D eigenvalue weighted by atomic mass is 10.2. The van der Waals surface area contributed by atoms with E-state index >= 15 is 0 Å². The van der Waals surface area contributed by atoms with E-state index in [1.165, 1.54) is 29.2 Å². The van der Waals surface area contributed by atoms with E-state index in [4.69, 9.17) is 0 Å². The SMILES string of the molecule is Fc1cncc(Cn2nnc(-c3cccc(F)c3)n2)c1. The van der Waals surface area contributed by atoms with Gasteiger partial charge in [-0.1, -0.05) is 12.1 Å². The van der Waals surface area contributed by atoms with Gasteiger partial charge in [0, 0.05) is 11.8 Å².